The number of nitriles is 2. The molecule has 1 aliphatic heterocycles. The Hall–Kier alpha value is -5.82. The second-order valence-electron chi connectivity index (χ2n) is 10.9. The average Bonchev–Trinajstić information content (AvgIpc) is 3.10. The molecule has 0 radical (unpaired) electrons. The molecule has 1 amide bonds. The molecule has 0 unspecified atom stereocenters. The Morgan fingerprint density at radius 3 is 2.45 bits per heavy atom. The number of nitrogens with zero attached hydrogens (tertiary/aromatic N) is 4. The first-order valence-electron chi connectivity index (χ1n) is 14.7. The van der Waals surface area contributed by atoms with Crippen molar-refractivity contribution in [2.75, 3.05) is 25.1 Å². The van der Waals surface area contributed by atoms with Gasteiger partial charge in [-0.2, -0.15) is 10.5 Å². The van der Waals surface area contributed by atoms with Gasteiger partial charge < -0.3 is 20.1 Å². The summed E-state index contributed by atoms with van der Waals surface area (Å²) in [6, 6.07) is 17.9. The highest BCUT2D eigenvalue weighted by atomic mass is 19.1. The fourth-order valence-corrected chi connectivity index (χ4v) is 5.54. The van der Waals surface area contributed by atoms with Gasteiger partial charge in [0.05, 0.1) is 12.7 Å². The van der Waals surface area contributed by atoms with E-state index in [9.17, 15) is 24.8 Å². The number of pyridine rings is 1. The number of carbonyl (C=O) groups excluding carboxylic acids is 1. The monoisotopic (exact) mass is 636 g/mol. The van der Waals surface area contributed by atoms with Gasteiger partial charge in [0, 0.05) is 60.7 Å². The van der Waals surface area contributed by atoms with Crippen molar-refractivity contribution < 1.29 is 28.6 Å². The van der Waals surface area contributed by atoms with Gasteiger partial charge >= 0.3 is 0 Å². The van der Waals surface area contributed by atoms with Gasteiger partial charge in [-0.25, -0.2) is 19.2 Å². The lowest BCUT2D eigenvalue weighted by molar-refractivity contribution is -0.124. The molecule has 3 aromatic carbocycles. The number of benzene rings is 3. The Morgan fingerprint density at radius 2 is 1.81 bits per heavy atom. The smallest absolute Gasteiger partial charge is 0.267 e. The van der Waals surface area contributed by atoms with Crippen molar-refractivity contribution in [2.24, 2.45) is 0 Å². The number of rotatable bonds is 9. The number of hydroxylamine groups is 1. The molecule has 0 atom stereocenters. The Balaban J connectivity index is 1.39. The first-order valence-corrected chi connectivity index (χ1v) is 14.7. The maximum Gasteiger partial charge on any atom is 0.267 e. The number of hydrogen-bond donors (Lipinski definition) is 4. The minimum Gasteiger partial charge on any atom is -0.504 e. The van der Waals surface area contributed by atoms with Crippen LogP contribution in [0.25, 0.3) is 28.3 Å². The van der Waals surface area contributed by atoms with Crippen LogP contribution in [-0.4, -0.2) is 47.4 Å². The number of aromatic hydroxyl groups is 1. The van der Waals surface area contributed by atoms with Crippen LogP contribution in [0.5, 0.6) is 11.5 Å². The number of phenolic OH excluding ortho intramolecular Hbond substituents is 1. The zero-order chi connectivity index (χ0) is 33.5. The Bertz CT molecular complexity index is 1910. The number of halogens is 2. The Kier molecular flexibility index (Phi) is 10.1. The van der Waals surface area contributed by atoms with Crippen molar-refractivity contribution in [3.8, 4) is 45.9 Å². The molecule has 0 bridgehead atoms. The van der Waals surface area contributed by atoms with Crippen molar-refractivity contribution in [3.05, 3.63) is 101 Å². The van der Waals surface area contributed by atoms with E-state index in [1.807, 2.05) is 29.2 Å². The number of ether oxygens (including phenoxy) is 1. The molecule has 1 fully saturated rings. The number of carbonyl (C=O) groups is 1. The van der Waals surface area contributed by atoms with Gasteiger partial charge in [-0.15, -0.1) is 0 Å². The van der Waals surface area contributed by atoms with Crippen LogP contribution < -0.4 is 20.4 Å². The molecule has 238 valence electrons. The van der Waals surface area contributed by atoms with Crippen LogP contribution in [0.2, 0.25) is 0 Å². The molecule has 5 rings (SSSR count). The molecule has 4 N–H and O–H groups in total. The van der Waals surface area contributed by atoms with Crippen LogP contribution in [0.1, 0.15) is 35.1 Å². The average molecular weight is 637 g/mol. The molecular weight excluding hydrogens is 606 g/mol. The highest BCUT2D eigenvalue weighted by Gasteiger charge is 2.27. The third kappa shape index (κ3) is 7.20. The normalized spacial score (nSPS) is 13.3. The van der Waals surface area contributed by atoms with Crippen molar-refractivity contribution in [2.45, 2.75) is 25.4 Å². The summed E-state index contributed by atoms with van der Waals surface area (Å²) in [5, 5.41) is 42.3. The number of anilines is 1. The van der Waals surface area contributed by atoms with Gasteiger partial charge in [0.1, 0.15) is 35.2 Å². The predicted molar refractivity (Wildman–Crippen MR) is 170 cm³/mol. The standard InChI is InChI=1S/C35H30F2N6O4/c1-47-32-16-30(37)26(15-31(32)44)28-20-41-35(27(18-39)34(28)23-7-8-24(17-38)29(36)14-23)43-12-10-25(11-13-43)40-19-22-4-2-21(3-5-22)6-9-33(45)42-46/h2-9,14-16,20,25,40,44,46H,10-13,19H2,1H3,(H,42,45)/b9-6+. The third-order valence-corrected chi connectivity index (χ3v) is 8.01. The first kappa shape index (κ1) is 32.6. The Labute approximate surface area is 269 Å². The number of methoxy groups -OCH3 is 1. The molecule has 1 saturated heterocycles. The molecule has 2 heterocycles. The van der Waals surface area contributed by atoms with Gasteiger partial charge in [0.25, 0.3) is 5.91 Å². The number of nitrogens with one attached hydrogen (secondary N) is 2. The molecule has 1 aromatic heterocycles. The molecule has 0 saturated carbocycles. The van der Waals surface area contributed by atoms with E-state index in [4.69, 9.17) is 9.94 Å². The fourth-order valence-electron chi connectivity index (χ4n) is 5.54. The lowest BCUT2D eigenvalue weighted by atomic mass is 9.90. The zero-order valence-electron chi connectivity index (χ0n) is 25.3. The largest absolute Gasteiger partial charge is 0.504 e. The minimum absolute atomic E-state index is 0.0544. The summed E-state index contributed by atoms with van der Waals surface area (Å²) in [5.41, 5.74) is 3.93. The molecule has 10 nitrogen and oxygen atoms in total. The van der Waals surface area contributed by atoms with E-state index in [-0.39, 0.29) is 50.9 Å². The molecular formula is C35H30F2N6O4. The predicted octanol–water partition coefficient (Wildman–Crippen LogP) is 5.43. The summed E-state index contributed by atoms with van der Waals surface area (Å²) in [6.07, 6.45) is 5.72. The summed E-state index contributed by atoms with van der Waals surface area (Å²) in [5.74, 6) is -2.16. The van der Waals surface area contributed by atoms with Gasteiger partial charge in [-0.3, -0.25) is 10.0 Å². The minimum atomic E-state index is -0.789. The molecule has 47 heavy (non-hydrogen) atoms. The van der Waals surface area contributed by atoms with Crippen molar-refractivity contribution in [3.63, 3.8) is 0 Å². The van der Waals surface area contributed by atoms with Crippen molar-refractivity contribution >= 4 is 17.8 Å². The lowest BCUT2D eigenvalue weighted by Gasteiger charge is -2.34. The number of phenols is 1. The summed E-state index contributed by atoms with van der Waals surface area (Å²) in [7, 11) is 1.29. The maximum absolute atomic E-state index is 15.4. The third-order valence-electron chi connectivity index (χ3n) is 8.01. The quantitative estimate of drug-likeness (QED) is 0.107. The zero-order valence-corrected chi connectivity index (χ0v) is 25.3. The van der Waals surface area contributed by atoms with Crippen LogP contribution in [0.4, 0.5) is 14.6 Å². The lowest BCUT2D eigenvalue weighted by Crippen LogP contribution is -2.42. The molecule has 12 heteroatoms. The number of amides is 1. The van der Waals surface area contributed by atoms with Gasteiger partial charge in [-0.05, 0) is 53.8 Å². The van der Waals surface area contributed by atoms with Crippen LogP contribution in [-0.2, 0) is 11.3 Å². The van der Waals surface area contributed by atoms with Crippen molar-refractivity contribution in [1.82, 2.24) is 15.8 Å². The van der Waals surface area contributed by atoms with Crippen LogP contribution in [0, 0.1) is 34.3 Å². The van der Waals surface area contributed by atoms with E-state index in [0.29, 0.717) is 25.5 Å². The van der Waals surface area contributed by atoms with Gasteiger partial charge in [0.2, 0.25) is 0 Å². The van der Waals surface area contributed by atoms with Gasteiger partial charge in [0.15, 0.2) is 11.5 Å². The maximum atomic E-state index is 15.4. The molecule has 1 aliphatic rings. The summed E-state index contributed by atoms with van der Waals surface area (Å²) >= 11 is 0. The highest BCUT2D eigenvalue weighted by Crippen LogP contribution is 2.42. The van der Waals surface area contributed by atoms with Crippen molar-refractivity contribution in [1.29, 1.82) is 10.5 Å². The number of aromatic nitrogens is 1. The van der Waals surface area contributed by atoms with E-state index in [1.54, 1.807) is 17.6 Å². The highest BCUT2D eigenvalue weighted by molar-refractivity contribution is 5.91. The second-order valence-corrected chi connectivity index (χ2v) is 10.9. The fraction of sp³-hybridized carbons (Fsp3) is 0.200. The van der Waals surface area contributed by atoms with E-state index in [0.717, 1.165) is 36.1 Å². The summed E-state index contributed by atoms with van der Waals surface area (Å²) in [4.78, 5) is 17.7. The van der Waals surface area contributed by atoms with Crippen LogP contribution in [0.15, 0.2) is 66.9 Å². The van der Waals surface area contributed by atoms with Crippen LogP contribution >= 0.6 is 0 Å². The summed E-state index contributed by atoms with van der Waals surface area (Å²) < 4.78 is 35.2. The van der Waals surface area contributed by atoms with Crippen LogP contribution in [0.3, 0.4) is 0 Å². The van der Waals surface area contributed by atoms with E-state index in [1.165, 1.54) is 37.6 Å². The Morgan fingerprint density at radius 1 is 1.06 bits per heavy atom. The topological polar surface area (TPSA) is 155 Å². The molecule has 0 spiro atoms. The number of piperidine rings is 1. The van der Waals surface area contributed by atoms with E-state index >= 15 is 4.39 Å². The number of hydrogen-bond acceptors (Lipinski definition) is 9. The second kappa shape index (κ2) is 14.5. The summed E-state index contributed by atoms with van der Waals surface area (Å²) in [6.45, 7) is 1.75. The van der Waals surface area contributed by atoms with Gasteiger partial charge in [-0.1, -0.05) is 30.3 Å². The SMILES string of the molecule is COc1cc(F)c(-c2cnc(N3CCC(NCc4ccc(/C=C/C(=O)NO)cc4)CC3)c(C#N)c2-c2ccc(C#N)c(F)c2)cc1O. The molecule has 0 aliphatic carbocycles. The van der Waals surface area contributed by atoms with E-state index < -0.39 is 17.5 Å². The molecule has 4 aromatic rings. The van der Waals surface area contributed by atoms with E-state index in [2.05, 4.69) is 16.4 Å². The first-order chi connectivity index (χ1) is 22.8.